The van der Waals surface area contributed by atoms with Crippen LogP contribution in [0.4, 0.5) is 5.69 Å². The lowest BCUT2D eigenvalue weighted by Crippen LogP contribution is -2.52. The number of hydrogen-bond donors (Lipinski definition) is 0. The predicted molar refractivity (Wildman–Crippen MR) is 88.3 cm³/mol. The molecule has 1 aromatic rings. The zero-order valence-corrected chi connectivity index (χ0v) is 13.6. The minimum absolute atomic E-state index is 0.174. The molecule has 4 rings (SSSR count). The molecule has 5 nitrogen and oxygen atoms in total. The fourth-order valence-corrected chi connectivity index (χ4v) is 4.49. The van der Waals surface area contributed by atoms with E-state index in [1.807, 2.05) is 17.0 Å². The molecule has 0 radical (unpaired) electrons. The van der Waals surface area contributed by atoms with Crippen LogP contribution < -0.4 is 4.90 Å². The fourth-order valence-electron chi connectivity index (χ4n) is 4.49. The third-order valence-electron chi connectivity index (χ3n) is 5.78. The summed E-state index contributed by atoms with van der Waals surface area (Å²) in [4.78, 5) is 21.8. The lowest BCUT2D eigenvalue weighted by molar-refractivity contribution is -0.129. The monoisotopic (exact) mass is 315 g/mol. The molecule has 0 saturated carbocycles. The van der Waals surface area contributed by atoms with Crippen molar-refractivity contribution in [3.05, 3.63) is 24.5 Å². The first-order valence-corrected chi connectivity index (χ1v) is 8.82. The predicted octanol–water partition coefficient (Wildman–Crippen LogP) is 2.08. The highest BCUT2D eigenvalue weighted by atomic mass is 16.5. The van der Waals surface area contributed by atoms with E-state index in [1.54, 1.807) is 12.4 Å². The van der Waals surface area contributed by atoms with Crippen LogP contribution in [0.2, 0.25) is 0 Å². The molecule has 0 N–H and O–H groups in total. The third-order valence-corrected chi connectivity index (χ3v) is 5.78. The first kappa shape index (κ1) is 15.1. The van der Waals surface area contributed by atoms with Gasteiger partial charge in [0.15, 0.2) is 0 Å². The zero-order valence-electron chi connectivity index (χ0n) is 13.6. The molecule has 23 heavy (non-hydrogen) atoms. The van der Waals surface area contributed by atoms with Gasteiger partial charge in [-0.05, 0) is 50.8 Å². The van der Waals surface area contributed by atoms with E-state index in [4.69, 9.17) is 4.74 Å². The minimum Gasteiger partial charge on any atom is -0.381 e. The Kier molecular flexibility index (Phi) is 4.07. The van der Waals surface area contributed by atoms with Crippen LogP contribution in [0, 0.1) is 5.41 Å². The maximum absolute atomic E-state index is 13.2. The van der Waals surface area contributed by atoms with Gasteiger partial charge in [-0.2, -0.15) is 0 Å². The van der Waals surface area contributed by atoms with Crippen LogP contribution in [0.1, 0.15) is 32.1 Å². The van der Waals surface area contributed by atoms with Gasteiger partial charge in [-0.1, -0.05) is 0 Å². The maximum Gasteiger partial charge on any atom is 0.234 e. The second-order valence-corrected chi connectivity index (χ2v) is 7.12. The molecule has 0 unspecified atom stereocenters. The standard InChI is InChI=1S/C18H25N3O2/c22-17-18(7-10-21(17)16-3-1-8-19-13-16)6-2-9-20(14-18)15-4-11-23-12-5-15/h1,3,8,13,15H,2,4-7,9-12,14H2/t18-/m1/s1. The molecule has 0 aromatic carbocycles. The van der Waals surface area contributed by atoms with Gasteiger partial charge in [0.05, 0.1) is 17.3 Å². The quantitative estimate of drug-likeness (QED) is 0.838. The molecule has 3 aliphatic rings. The lowest BCUT2D eigenvalue weighted by Gasteiger charge is -2.43. The molecule has 1 spiro atoms. The van der Waals surface area contributed by atoms with Gasteiger partial charge in [0.25, 0.3) is 0 Å². The summed E-state index contributed by atoms with van der Waals surface area (Å²) >= 11 is 0. The summed E-state index contributed by atoms with van der Waals surface area (Å²) in [7, 11) is 0. The van der Waals surface area contributed by atoms with Gasteiger partial charge in [0.2, 0.25) is 5.91 Å². The Morgan fingerprint density at radius 1 is 1.22 bits per heavy atom. The van der Waals surface area contributed by atoms with Crippen molar-refractivity contribution >= 4 is 11.6 Å². The molecule has 0 aliphatic carbocycles. The van der Waals surface area contributed by atoms with E-state index in [0.29, 0.717) is 11.9 Å². The Labute approximate surface area is 137 Å². The number of carbonyl (C=O) groups is 1. The smallest absolute Gasteiger partial charge is 0.234 e. The van der Waals surface area contributed by atoms with Crippen molar-refractivity contribution in [3.63, 3.8) is 0 Å². The van der Waals surface area contributed by atoms with Crippen molar-refractivity contribution in [2.75, 3.05) is 37.7 Å². The van der Waals surface area contributed by atoms with Gasteiger partial charge in [-0.25, -0.2) is 0 Å². The number of rotatable bonds is 2. The molecule has 3 fully saturated rings. The second-order valence-electron chi connectivity index (χ2n) is 7.12. The van der Waals surface area contributed by atoms with Crippen molar-refractivity contribution in [3.8, 4) is 0 Å². The number of pyridine rings is 1. The Bertz CT molecular complexity index is 559. The highest BCUT2D eigenvalue weighted by molar-refractivity contribution is 6.00. The molecular formula is C18H25N3O2. The van der Waals surface area contributed by atoms with Gasteiger partial charge in [0.1, 0.15) is 0 Å². The highest BCUT2D eigenvalue weighted by Gasteiger charge is 2.50. The number of amides is 1. The Morgan fingerprint density at radius 3 is 2.87 bits per heavy atom. The number of hydrogen-bond acceptors (Lipinski definition) is 4. The second kappa shape index (κ2) is 6.21. The first-order chi connectivity index (χ1) is 11.3. The first-order valence-electron chi connectivity index (χ1n) is 8.82. The number of likely N-dealkylation sites (tertiary alicyclic amines) is 1. The molecule has 1 atom stereocenters. The molecule has 124 valence electrons. The normalized spacial score (nSPS) is 30.3. The van der Waals surface area contributed by atoms with E-state index < -0.39 is 0 Å². The molecule has 4 heterocycles. The number of nitrogens with zero attached hydrogens (tertiary/aromatic N) is 3. The van der Waals surface area contributed by atoms with E-state index >= 15 is 0 Å². The van der Waals surface area contributed by atoms with Crippen LogP contribution in [-0.4, -0.2) is 54.7 Å². The summed E-state index contributed by atoms with van der Waals surface area (Å²) in [6.07, 6.45) is 8.91. The number of aromatic nitrogens is 1. The number of carbonyl (C=O) groups excluding carboxylic acids is 1. The maximum atomic E-state index is 13.2. The van der Waals surface area contributed by atoms with Crippen molar-refractivity contribution in [1.82, 2.24) is 9.88 Å². The van der Waals surface area contributed by atoms with Crippen molar-refractivity contribution in [2.45, 2.75) is 38.1 Å². The Hall–Kier alpha value is -1.46. The van der Waals surface area contributed by atoms with Gasteiger partial charge >= 0.3 is 0 Å². The van der Waals surface area contributed by atoms with Crippen LogP contribution in [0.15, 0.2) is 24.5 Å². The van der Waals surface area contributed by atoms with Crippen LogP contribution in [-0.2, 0) is 9.53 Å². The topological polar surface area (TPSA) is 45.7 Å². The largest absolute Gasteiger partial charge is 0.381 e. The van der Waals surface area contributed by atoms with Crippen LogP contribution >= 0.6 is 0 Å². The van der Waals surface area contributed by atoms with Gasteiger partial charge < -0.3 is 9.64 Å². The summed E-state index contributed by atoms with van der Waals surface area (Å²) in [5.74, 6) is 0.308. The SMILES string of the molecule is O=C1N(c2cccnc2)CC[C@@]12CCCN(C1CCOCC1)C2. The van der Waals surface area contributed by atoms with Crippen molar-refractivity contribution < 1.29 is 9.53 Å². The van der Waals surface area contributed by atoms with E-state index in [9.17, 15) is 4.79 Å². The van der Waals surface area contributed by atoms with E-state index in [1.165, 1.54) is 0 Å². The Balaban J connectivity index is 1.50. The van der Waals surface area contributed by atoms with Crippen LogP contribution in [0.5, 0.6) is 0 Å². The summed E-state index contributed by atoms with van der Waals surface area (Å²) in [5.41, 5.74) is 0.768. The van der Waals surface area contributed by atoms with E-state index in [-0.39, 0.29) is 5.41 Å². The fraction of sp³-hybridized carbons (Fsp3) is 0.667. The lowest BCUT2D eigenvalue weighted by atomic mass is 9.77. The van der Waals surface area contributed by atoms with Crippen LogP contribution in [0.25, 0.3) is 0 Å². The van der Waals surface area contributed by atoms with Crippen molar-refractivity contribution in [1.29, 1.82) is 0 Å². The van der Waals surface area contributed by atoms with Gasteiger partial charge in [-0.15, -0.1) is 0 Å². The summed E-state index contributed by atoms with van der Waals surface area (Å²) in [6.45, 7) is 4.61. The Morgan fingerprint density at radius 2 is 2.09 bits per heavy atom. The summed E-state index contributed by atoms with van der Waals surface area (Å²) in [6, 6.07) is 4.49. The van der Waals surface area contributed by atoms with Crippen molar-refractivity contribution in [2.24, 2.45) is 5.41 Å². The third kappa shape index (κ3) is 2.76. The minimum atomic E-state index is -0.174. The zero-order chi connectivity index (χ0) is 15.7. The van der Waals surface area contributed by atoms with Crippen LogP contribution in [0.3, 0.4) is 0 Å². The molecule has 3 saturated heterocycles. The highest BCUT2D eigenvalue weighted by Crippen LogP contribution is 2.42. The molecule has 1 amide bonds. The molecule has 5 heteroatoms. The number of piperidine rings is 1. The molecule has 0 bridgehead atoms. The molecule has 1 aromatic heterocycles. The van der Waals surface area contributed by atoms with Gasteiger partial charge in [0, 0.05) is 38.5 Å². The number of ether oxygens (including phenoxy) is 1. The molecular weight excluding hydrogens is 290 g/mol. The summed E-state index contributed by atoms with van der Waals surface area (Å²) in [5, 5.41) is 0. The number of anilines is 1. The average molecular weight is 315 g/mol. The average Bonchev–Trinajstić information content (AvgIpc) is 2.93. The molecule has 3 aliphatic heterocycles. The van der Waals surface area contributed by atoms with E-state index in [2.05, 4.69) is 9.88 Å². The van der Waals surface area contributed by atoms with E-state index in [0.717, 1.165) is 70.6 Å². The van der Waals surface area contributed by atoms with Gasteiger partial charge in [-0.3, -0.25) is 14.7 Å². The summed E-state index contributed by atoms with van der Waals surface area (Å²) < 4.78 is 5.49.